The minimum atomic E-state index is -0.511. The Kier molecular flexibility index (Phi) is 9.80. The number of benzene rings is 1. The van der Waals surface area contributed by atoms with Crippen molar-refractivity contribution in [2.24, 2.45) is 16.1 Å². The molecule has 8 nitrogen and oxygen atoms in total. The normalized spacial score (nSPS) is 12.0. The van der Waals surface area contributed by atoms with E-state index < -0.39 is 5.56 Å². The lowest BCUT2D eigenvalue weighted by Gasteiger charge is -2.14. The summed E-state index contributed by atoms with van der Waals surface area (Å²) in [5.41, 5.74) is 0.608. The Balaban J connectivity index is 2.18. The van der Waals surface area contributed by atoms with Gasteiger partial charge in [-0.15, -0.1) is 5.11 Å². The molecule has 0 spiro atoms. The maximum atomic E-state index is 12.7. The van der Waals surface area contributed by atoms with Gasteiger partial charge in [0.2, 0.25) is 5.88 Å². The van der Waals surface area contributed by atoms with Gasteiger partial charge in [0.15, 0.2) is 5.69 Å². The van der Waals surface area contributed by atoms with Gasteiger partial charge in [-0.1, -0.05) is 40.0 Å². The summed E-state index contributed by atoms with van der Waals surface area (Å²) < 4.78 is 6.59. The van der Waals surface area contributed by atoms with Crippen LogP contribution in [0, 0.1) is 24.2 Å². The quantitative estimate of drug-likeness (QED) is 0.335. The number of carbonyl (C=O) groups excluding carboxylic acids is 1. The Bertz CT molecular complexity index is 1080. The number of aromatic hydroxyl groups is 1. The lowest BCUT2D eigenvalue weighted by Crippen LogP contribution is -2.21. The minimum absolute atomic E-state index is 0.000543. The molecule has 0 saturated heterocycles. The SMILES string of the molecule is CCCCC(CC)COC(=O)c1ccc(N=Nc2c(C)c(C#N)c(O)n(CCC)c2=O)cc1. The lowest BCUT2D eigenvalue weighted by molar-refractivity contribution is 0.0428. The van der Waals surface area contributed by atoms with Gasteiger partial charge in [0.25, 0.3) is 5.56 Å². The molecule has 0 fully saturated rings. The first-order valence-electron chi connectivity index (χ1n) is 11.4. The van der Waals surface area contributed by atoms with Gasteiger partial charge in [0, 0.05) is 12.1 Å². The molecule has 0 bridgehead atoms. The molecule has 0 amide bonds. The van der Waals surface area contributed by atoms with Crippen LogP contribution < -0.4 is 5.56 Å². The Morgan fingerprint density at radius 2 is 1.88 bits per heavy atom. The van der Waals surface area contributed by atoms with E-state index in [4.69, 9.17) is 4.74 Å². The van der Waals surface area contributed by atoms with E-state index in [9.17, 15) is 20.0 Å². The summed E-state index contributed by atoms with van der Waals surface area (Å²) in [5, 5.41) is 27.8. The van der Waals surface area contributed by atoms with Crippen LogP contribution in [-0.4, -0.2) is 22.2 Å². The predicted octanol–water partition coefficient (Wildman–Crippen LogP) is 5.93. The molecule has 1 aromatic heterocycles. The van der Waals surface area contributed by atoms with Crippen molar-refractivity contribution in [1.29, 1.82) is 5.26 Å². The number of nitriles is 1. The van der Waals surface area contributed by atoms with Crippen LogP contribution in [-0.2, 0) is 11.3 Å². The van der Waals surface area contributed by atoms with Crippen molar-refractivity contribution in [3.8, 4) is 11.9 Å². The van der Waals surface area contributed by atoms with Gasteiger partial charge in [0.05, 0.1) is 17.9 Å². The zero-order valence-corrected chi connectivity index (χ0v) is 19.8. The van der Waals surface area contributed by atoms with E-state index in [1.165, 1.54) is 0 Å². The second kappa shape index (κ2) is 12.5. The Morgan fingerprint density at radius 1 is 1.18 bits per heavy atom. The number of esters is 1. The molecule has 1 atom stereocenters. The number of pyridine rings is 1. The number of rotatable bonds is 11. The lowest BCUT2D eigenvalue weighted by atomic mass is 10.0. The van der Waals surface area contributed by atoms with E-state index in [0.29, 0.717) is 30.2 Å². The van der Waals surface area contributed by atoms with Gasteiger partial charge in [-0.25, -0.2) is 4.79 Å². The topological polar surface area (TPSA) is 117 Å². The number of azo groups is 1. The van der Waals surface area contributed by atoms with Crippen LogP contribution in [0.5, 0.6) is 5.88 Å². The predicted molar refractivity (Wildman–Crippen MR) is 126 cm³/mol. The summed E-state index contributed by atoms with van der Waals surface area (Å²) in [4.78, 5) is 25.1. The highest BCUT2D eigenvalue weighted by atomic mass is 16.5. The van der Waals surface area contributed by atoms with Crippen molar-refractivity contribution < 1.29 is 14.6 Å². The third kappa shape index (κ3) is 6.51. The average Bonchev–Trinajstić information content (AvgIpc) is 2.82. The van der Waals surface area contributed by atoms with Crippen LogP contribution in [0.15, 0.2) is 39.3 Å². The van der Waals surface area contributed by atoms with Crippen molar-refractivity contribution in [3.05, 3.63) is 51.3 Å². The second-order valence-electron chi connectivity index (χ2n) is 8.00. The number of hydrogen-bond donors (Lipinski definition) is 1. The largest absolute Gasteiger partial charge is 0.493 e. The fourth-order valence-electron chi connectivity index (χ4n) is 3.44. The van der Waals surface area contributed by atoms with Crippen molar-refractivity contribution in [2.75, 3.05) is 6.61 Å². The number of carbonyl (C=O) groups is 1. The summed E-state index contributed by atoms with van der Waals surface area (Å²) in [6.07, 6.45) is 4.86. The molecule has 8 heteroatoms. The van der Waals surface area contributed by atoms with E-state index in [1.54, 1.807) is 31.2 Å². The standard InChI is InChI=1S/C25H32N4O4/c1-5-8-9-18(7-3)16-33-25(32)19-10-12-20(13-11-19)27-28-22-17(4)21(15-26)23(30)29(14-6-2)24(22)31/h10-13,18,30H,5-9,14,16H2,1-4H3. The van der Waals surface area contributed by atoms with Crippen molar-refractivity contribution in [2.45, 2.75) is 66.3 Å². The minimum Gasteiger partial charge on any atom is -0.493 e. The molecule has 2 rings (SSSR count). The summed E-state index contributed by atoms with van der Waals surface area (Å²) in [5.74, 6) is -0.377. The van der Waals surface area contributed by atoms with Gasteiger partial charge in [-0.2, -0.15) is 10.4 Å². The molecular formula is C25H32N4O4. The second-order valence-corrected chi connectivity index (χ2v) is 8.00. The van der Waals surface area contributed by atoms with Crippen LogP contribution in [0.2, 0.25) is 0 Å². The first-order chi connectivity index (χ1) is 15.9. The Morgan fingerprint density at radius 3 is 2.45 bits per heavy atom. The first kappa shape index (κ1) is 25.8. The van der Waals surface area contributed by atoms with E-state index >= 15 is 0 Å². The van der Waals surface area contributed by atoms with Gasteiger partial charge in [0.1, 0.15) is 11.6 Å². The van der Waals surface area contributed by atoms with Crippen molar-refractivity contribution >= 4 is 17.3 Å². The summed E-state index contributed by atoms with van der Waals surface area (Å²) in [6.45, 7) is 8.31. The third-order valence-electron chi connectivity index (χ3n) is 5.58. The average molecular weight is 453 g/mol. The molecule has 1 aromatic carbocycles. The molecule has 0 saturated carbocycles. The Hall–Kier alpha value is -3.47. The highest BCUT2D eigenvalue weighted by molar-refractivity contribution is 5.89. The molecular weight excluding hydrogens is 420 g/mol. The number of ether oxygens (including phenoxy) is 1. The summed E-state index contributed by atoms with van der Waals surface area (Å²) in [6, 6.07) is 8.34. The molecule has 33 heavy (non-hydrogen) atoms. The van der Waals surface area contributed by atoms with E-state index in [-0.39, 0.29) is 35.2 Å². The zero-order chi connectivity index (χ0) is 24.4. The van der Waals surface area contributed by atoms with Crippen molar-refractivity contribution in [1.82, 2.24) is 4.57 Å². The van der Waals surface area contributed by atoms with E-state index in [0.717, 1.165) is 30.3 Å². The van der Waals surface area contributed by atoms with Gasteiger partial charge in [-0.3, -0.25) is 9.36 Å². The van der Waals surface area contributed by atoms with Gasteiger partial charge >= 0.3 is 5.97 Å². The number of unbranched alkanes of at least 4 members (excludes halogenated alkanes) is 1. The van der Waals surface area contributed by atoms with E-state index in [2.05, 4.69) is 24.1 Å². The summed E-state index contributed by atoms with van der Waals surface area (Å²) >= 11 is 0. The molecule has 2 aromatic rings. The van der Waals surface area contributed by atoms with Crippen LogP contribution in [0.25, 0.3) is 0 Å². The van der Waals surface area contributed by atoms with Crippen LogP contribution in [0.3, 0.4) is 0 Å². The smallest absolute Gasteiger partial charge is 0.338 e. The van der Waals surface area contributed by atoms with Gasteiger partial charge < -0.3 is 9.84 Å². The molecule has 176 valence electrons. The van der Waals surface area contributed by atoms with Crippen molar-refractivity contribution in [3.63, 3.8) is 0 Å². The number of hydrogen-bond acceptors (Lipinski definition) is 7. The first-order valence-corrected chi connectivity index (χ1v) is 11.4. The zero-order valence-electron chi connectivity index (χ0n) is 19.8. The van der Waals surface area contributed by atoms with E-state index in [1.807, 2.05) is 13.0 Å². The van der Waals surface area contributed by atoms with Gasteiger partial charge in [-0.05, 0) is 49.9 Å². The summed E-state index contributed by atoms with van der Waals surface area (Å²) in [7, 11) is 0. The highest BCUT2D eigenvalue weighted by Crippen LogP contribution is 2.27. The maximum absolute atomic E-state index is 12.7. The highest BCUT2D eigenvalue weighted by Gasteiger charge is 2.18. The monoisotopic (exact) mass is 452 g/mol. The fourth-order valence-corrected chi connectivity index (χ4v) is 3.44. The molecule has 0 aliphatic carbocycles. The van der Waals surface area contributed by atoms with Crippen LogP contribution in [0.1, 0.15) is 74.4 Å². The molecule has 1 N–H and O–H groups in total. The fraction of sp³-hybridized carbons (Fsp3) is 0.480. The molecule has 0 radical (unpaired) electrons. The number of nitrogens with zero attached hydrogens (tertiary/aromatic N) is 4. The molecule has 1 unspecified atom stereocenters. The molecule has 0 aliphatic heterocycles. The maximum Gasteiger partial charge on any atom is 0.338 e. The van der Waals surface area contributed by atoms with Crippen LogP contribution >= 0.6 is 0 Å². The third-order valence-corrected chi connectivity index (χ3v) is 5.58. The Labute approximate surface area is 194 Å². The van der Waals surface area contributed by atoms with Crippen LogP contribution in [0.4, 0.5) is 11.4 Å². The molecule has 1 heterocycles. The number of aromatic nitrogens is 1. The molecule has 0 aliphatic rings.